The van der Waals surface area contributed by atoms with E-state index in [9.17, 15) is 22.4 Å². The number of sulfonamides is 1. The number of halogens is 2. The van der Waals surface area contributed by atoms with Gasteiger partial charge in [0.2, 0.25) is 11.8 Å². The summed E-state index contributed by atoms with van der Waals surface area (Å²) in [6, 6.07) is 25.9. The van der Waals surface area contributed by atoms with Gasteiger partial charge in [0, 0.05) is 24.5 Å². The Kier molecular flexibility index (Phi) is 11.6. The highest BCUT2D eigenvalue weighted by molar-refractivity contribution is 7.92. The molecule has 0 saturated carbocycles. The van der Waals surface area contributed by atoms with Crippen molar-refractivity contribution in [2.45, 2.75) is 37.8 Å². The fourth-order valence-corrected chi connectivity index (χ4v) is 6.40. The Morgan fingerprint density at radius 3 is 2.16 bits per heavy atom. The molecule has 0 saturated heterocycles. The van der Waals surface area contributed by atoms with Crippen LogP contribution in [0.15, 0.2) is 108 Å². The SMILES string of the molecule is CCNC(=O)[C@@H](Cc1ccccc1)N(Cc1ccccc1Cl)C(=O)CN(c1ccc(OCC)cc1)S(=O)(=O)c1ccc(F)cc1. The third-order valence-corrected chi connectivity index (χ3v) is 9.19. The van der Waals surface area contributed by atoms with Crippen LogP contribution in [0, 0.1) is 5.82 Å². The van der Waals surface area contributed by atoms with Crippen molar-refractivity contribution in [2.24, 2.45) is 0 Å². The first-order chi connectivity index (χ1) is 21.6. The molecule has 236 valence electrons. The first-order valence-electron chi connectivity index (χ1n) is 14.5. The molecule has 0 unspecified atom stereocenters. The van der Waals surface area contributed by atoms with Gasteiger partial charge in [-0.3, -0.25) is 13.9 Å². The maximum absolute atomic E-state index is 14.4. The van der Waals surface area contributed by atoms with E-state index < -0.39 is 40.2 Å². The van der Waals surface area contributed by atoms with Crippen molar-refractivity contribution in [3.05, 3.63) is 125 Å². The standard InChI is InChI=1S/C34H35ClFN3O5S/c1-3-37-34(41)32(22-25-10-6-5-7-11-25)38(23-26-12-8-9-13-31(26)35)33(40)24-39(28-16-18-29(19-17-28)44-4-2)45(42,43)30-20-14-27(36)15-21-30/h5-21,32H,3-4,22-24H2,1-2H3,(H,37,41)/t32-/m1/s1. The summed E-state index contributed by atoms with van der Waals surface area (Å²) in [5.41, 5.74) is 1.59. The molecule has 0 aliphatic heterocycles. The number of benzene rings is 4. The molecule has 4 aromatic carbocycles. The zero-order chi connectivity index (χ0) is 32.4. The first kappa shape index (κ1) is 33.5. The Bertz CT molecular complexity index is 1690. The van der Waals surface area contributed by atoms with Crippen LogP contribution in [0.5, 0.6) is 5.75 Å². The largest absolute Gasteiger partial charge is 0.494 e. The Balaban J connectivity index is 1.80. The van der Waals surface area contributed by atoms with Crippen molar-refractivity contribution in [1.82, 2.24) is 10.2 Å². The van der Waals surface area contributed by atoms with E-state index in [2.05, 4.69) is 5.32 Å². The fourth-order valence-electron chi connectivity index (χ4n) is 4.79. The van der Waals surface area contributed by atoms with Crippen LogP contribution in [-0.2, 0) is 32.6 Å². The number of ether oxygens (including phenoxy) is 1. The van der Waals surface area contributed by atoms with Crippen LogP contribution in [0.2, 0.25) is 5.02 Å². The molecule has 0 fully saturated rings. The molecule has 1 N–H and O–H groups in total. The zero-order valence-electron chi connectivity index (χ0n) is 25.0. The summed E-state index contributed by atoms with van der Waals surface area (Å²) in [4.78, 5) is 29.1. The van der Waals surface area contributed by atoms with Crippen LogP contribution < -0.4 is 14.4 Å². The number of hydrogen-bond acceptors (Lipinski definition) is 5. The van der Waals surface area contributed by atoms with Gasteiger partial charge in [-0.15, -0.1) is 0 Å². The summed E-state index contributed by atoms with van der Waals surface area (Å²) in [6.07, 6.45) is 0.177. The number of rotatable bonds is 14. The van der Waals surface area contributed by atoms with Crippen molar-refractivity contribution in [2.75, 3.05) is 24.0 Å². The molecule has 0 bridgehead atoms. The normalized spacial score (nSPS) is 11.8. The number of carbonyl (C=O) groups is 2. The molecule has 0 aromatic heterocycles. The molecule has 0 spiro atoms. The Labute approximate surface area is 268 Å². The van der Waals surface area contributed by atoms with Crippen LogP contribution >= 0.6 is 11.6 Å². The first-order valence-corrected chi connectivity index (χ1v) is 16.3. The van der Waals surface area contributed by atoms with Crippen molar-refractivity contribution in [3.63, 3.8) is 0 Å². The second-order valence-corrected chi connectivity index (χ2v) is 12.4. The number of likely N-dealkylation sites (N-methyl/N-ethyl adjacent to an activating group) is 1. The van der Waals surface area contributed by atoms with E-state index in [0.717, 1.165) is 34.1 Å². The fraction of sp³-hybridized carbons (Fsp3) is 0.235. The summed E-state index contributed by atoms with van der Waals surface area (Å²) in [5, 5.41) is 3.21. The van der Waals surface area contributed by atoms with Gasteiger partial charge in [-0.2, -0.15) is 0 Å². The quantitative estimate of drug-likeness (QED) is 0.185. The molecule has 11 heteroatoms. The molecule has 4 aromatic rings. The molecular formula is C34H35ClFN3O5S. The number of anilines is 1. The number of amides is 2. The smallest absolute Gasteiger partial charge is 0.264 e. The number of carbonyl (C=O) groups excluding carboxylic acids is 2. The Morgan fingerprint density at radius 2 is 1.53 bits per heavy atom. The van der Waals surface area contributed by atoms with Gasteiger partial charge >= 0.3 is 0 Å². The van der Waals surface area contributed by atoms with Gasteiger partial charge in [-0.1, -0.05) is 60.1 Å². The molecular weight excluding hydrogens is 617 g/mol. The second-order valence-electron chi connectivity index (χ2n) is 10.1. The Hall–Kier alpha value is -4.41. The van der Waals surface area contributed by atoms with E-state index in [1.54, 1.807) is 43.3 Å². The lowest BCUT2D eigenvalue weighted by atomic mass is 10.0. The van der Waals surface area contributed by atoms with Crippen LogP contribution in [0.3, 0.4) is 0 Å². The molecule has 2 amide bonds. The van der Waals surface area contributed by atoms with E-state index in [1.165, 1.54) is 17.0 Å². The molecule has 0 radical (unpaired) electrons. The molecule has 8 nitrogen and oxygen atoms in total. The van der Waals surface area contributed by atoms with Crippen LogP contribution in [0.25, 0.3) is 0 Å². The van der Waals surface area contributed by atoms with Gasteiger partial charge in [0.1, 0.15) is 24.2 Å². The second kappa shape index (κ2) is 15.5. The van der Waals surface area contributed by atoms with Gasteiger partial charge in [-0.25, -0.2) is 12.8 Å². The maximum Gasteiger partial charge on any atom is 0.264 e. The van der Waals surface area contributed by atoms with Crippen LogP contribution in [0.1, 0.15) is 25.0 Å². The van der Waals surface area contributed by atoms with E-state index >= 15 is 0 Å². The highest BCUT2D eigenvalue weighted by Gasteiger charge is 2.34. The predicted octanol–water partition coefficient (Wildman–Crippen LogP) is 5.85. The predicted molar refractivity (Wildman–Crippen MR) is 173 cm³/mol. The minimum Gasteiger partial charge on any atom is -0.494 e. The lowest BCUT2D eigenvalue weighted by Gasteiger charge is -2.34. The number of nitrogens with one attached hydrogen (secondary N) is 1. The summed E-state index contributed by atoms with van der Waals surface area (Å²) >= 11 is 6.50. The summed E-state index contributed by atoms with van der Waals surface area (Å²) < 4.78 is 48.3. The number of nitrogens with zero attached hydrogens (tertiary/aromatic N) is 2. The third kappa shape index (κ3) is 8.61. The van der Waals surface area contributed by atoms with E-state index in [1.807, 2.05) is 37.3 Å². The summed E-state index contributed by atoms with van der Waals surface area (Å²) in [5.74, 6) is -1.11. The minimum absolute atomic E-state index is 0.0547. The van der Waals surface area contributed by atoms with Gasteiger partial charge < -0.3 is 15.0 Å². The molecule has 45 heavy (non-hydrogen) atoms. The van der Waals surface area contributed by atoms with Gasteiger partial charge in [0.15, 0.2) is 0 Å². The average molecular weight is 652 g/mol. The highest BCUT2D eigenvalue weighted by atomic mass is 35.5. The lowest BCUT2D eigenvalue weighted by molar-refractivity contribution is -0.140. The van der Waals surface area contributed by atoms with Gasteiger partial charge in [0.25, 0.3) is 10.0 Å². The average Bonchev–Trinajstić information content (AvgIpc) is 3.03. The zero-order valence-corrected chi connectivity index (χ0v) is 26.6. The van der Waals surface area contributed by atoms with Gasteiger partial charge in [0.05, 0.1) is 17.2 Å². The van der Waals surface area contributed by atoms with Gasteiger partial charge in [-0.05, 0) is 79.6 Å². The molecule has 0 aliphatic carbocycles. The van der Waals surface area contributed by atoms with Crippen molar-refractivity contribution >= 4 is 39.1 Å². The summed E-state index contributed by atoms with van der Waals surface area (Å²) in [6.45, 7) is 3.64. The monoisotopic (exact) mass is 651 g/mol. The number of hydrogen-bond donors (Lipinski definition) is 1. The molecule has 0 aliphatic rings. The lowest BCUT2D eigenvalue weighted by Crippen LogP contribution is -2.53. The van der Waals surface area contributed by atoms with Crippen molar-refractivity contribution in [3.8, 4) is 5.75 Å². The third-order valence-electron chi connectivity index (χ3n) is 7.04. The molecule has 4 rings (SSSR count). The molecule has 0 heterocycles. The minimum atomic E-state index is -4.37. The van der Waals surface area contributed by atoms with Crippen LogP contribution in [0.4, 0.5) is 10.1 Å². The highest BCUT2D eigenvalue weighted by Crippen LogP contribution is 2.28. The molecule has 1 atom stereocenters. The van der Waals surface area contributed by atoms with E-state index in [0.29, 0.717) is 29.5 Å². The topological polar surface area (TPSA) is 96.0 Å². The maximum atomic E-state index is 14.4. The van der Waals surface area contributed by atoms with Crippen molar-refractivity contribution in [1.29, 1.82) is 0 Å². The summed E-state index contributed by atoms with van der Waals surface area (Å²) in [7, 11) is -4.37. The van der Waals surface area contributed by atoms with E-state index in [-0.39, 0.29) is 23.5 Å². The van der Waals surface area contributed by atoms with Crippen LogP contribution in [-0.4, -0.2) is 50.9 Å². The Morgan fingerprint density at radius 1 is 0.889 bits per heavy atom. The van der Waals surface area contributed by atoms with E-state index in [4.69, 9.17) is 16.3 Å². The van der Waals surface area contributed by atoms with Crippen molar-refractivity contribution < 1.29 is 27.1 Å².